The number of aryl methyl sites for hydroxylation is 1. The Morgan fingerprint density at radius 3 is 3.03 bits per heavy atom. The number of amides is 1. The van der Waals surface area contributed by atoms with Gasteiger partial charge in [-0.2, -0.15) is 5.10 Å². The van der Waals surface area contributed by atoms with Crippen molar-refractivity contribution in [3.8, 4) is 5.75 Å². The molecule has 11 heteroatoms. The molecule has 33 heavy (non-hydrogen) atoms. The summed E-state index contributed by atoms with van der Waals surface area (Å²) in [6, 6.07) is 3.82. The number of alkyl halides is 2. The molecule has 0 spiro atoms. The number of hydrogen-bond donors (Lipinski definition) is 2. The zero-order valence-corrected chi connectivity index (χ0v) is 18.9. The van der Waals surface area contributed by atoms with Gasteiger partial charge in [-0.25, -0.2) is 18.7 Å². The predicted molar refractivity (Wildman–Crippen MR) is 122 cm³/mol. The second-order valence-electron chi connectivity index (χ2n) is 8.09. The molecule has 1 amide bonds. The molecule has 0 aliphatic heterocycles. The summed E-state index contributed by atoms with van der Waals surface area (Å²) in [4.78, 5) is 24.6. The van der Waals surface area contributed by atoms with Crippen molar-refractivity contribution >= 4 is 49.9 Å². The number of anilines is 2. The SMILES string of the molecule is COc1cc2[nH]ncc2cc1Nc1ncnc2sc3c(c12)CC[C@H](C(=O)N(C)CC(F)F)C3. The van der Waals surface area contributed by atoms with Gasteiger partial charge in [0.15, 0.2) is 0 Å². The van der Waals surface area contributed by atoms with Gasteiger partial charge in [-0.05, 0) is 30.9 Å². The smallest absolute Gasteiger partial charge is 0.255 e. The molecule has 172 valence electrons. The lowest BCUT2D eigenvalue weighted by Gasteiger charge is -2.26. The highest BCUT2D eigenvalue weighted by molar-refractivity contribution is 7.19. The summed E-state index contributed by atoms with van der Waals surface area (Å²) in [5.74, 6) is 0.775. The lowest BCUT2D eigenvalue weighted by atomic mass is 9.87. The van der Waals surface area contributed by atoms with Crippen LogP contribution in [0, 0.1) is 5.92 Å². The molecule has 0 bridgehead atoms. The van der Waals surface area contributed by atoms with E-state index in [1.54, 1.807) is 13.3 Å². The lowest BCUT2D eigenvalue weighted by Crippen LogP contribution is -2.38. The number of nitrogens with one attached hydrogen (secondary N) is 2. The monoisotopic (exact) mass is 472 g/mol. The first kappa shape index (κ1) is 21.5. The van der Waals surface area contributed by atoms with Crippen LogP contribution in [-0.2, 0) is 17.6 Å². The molecule has 0 fully saturated rings. The number of hydrogen-bond acceptors (Lipinski definition) is 7. The Bertz CT molecular complexity index is 1340. The third-order valence-electron chi connectivity index (χ3n) is 6.00. The van der Waals surface area contributed by atoms with Crippen molar-refractivity contribution in [1.82, 2.24) is 25.1 Å². The molecule has 0 radical (unpaired) electrons. The van der Waals surface area contributed by atoms with Gasteiger partial charge in [0, 0.05) is 29.3 Å². The minimum absolute atomic E-state index is 0.235. The molecule has 5 rings (SSSR count). The van der Waals surface area contributed by atoms with Gasteiger partial charge in [0.05, 0.1) is 36.4 Å². The maximum absolute atomic E-state index is 12.7. The Labute approximate surface area is 192 Å². The fourth-order valence-corrected chi connectivity index (χ4v) is 5.66. The van der Waals surface area contributed by atoms with Crippen molar-refractivity contribution in [3.63, 3.8) is 0 Å². The average molecular weight is 473 g/mol. The van der Waals surface area contributed by atoms with Gasteiger partial charge < -0.3 is 15.0 Å². The van der Waals surface area contributed by atoms with Crippen LogP contribution in [0.2, 0.25) is 0 Å². The normalized spacial score (nSPS) is 15.7. The standard InChI is InChI=1S/C22H22F2N6O2S/c1-30(9-18(23)24)22(31)11-3-4-13-17(6-11)33-21-19(13)20(25-10-26-21)28-15-5-12-8-27-29-14(12)7-16(15)32-2/h5,7-8,10-11,18H,3-4,6,9H2,1-2H3,(H,27,29)(H,25,26,28)/t11-/m0/s1. The number of benzene rings is 1. The molecule has 2 N–H and O–H groups in total. The van der Waals surface area contributed by atoms with Crippen molar-refractivity contribution in [2.45, 2.75) is 25.7 Å². The number of thiophene rings is 1. The number of fused-ring (bicyclic) bond motifs is 4. The Morgan fingerprint density at radius 2 is 2.24 bits per heavy atom. The molecule has 1 aromatic carbocycles. The van der Waals surface area contributed by atoms with Crippen LogP contribution < -0.4 is 10.1 Å². The van der Waals surface area contributed by atoms with Crippen LogP contribution in [0.4, 0.5) is 20.3 Å². The van der Waals surface area contributed by atoms with E-state index in [1.165, 1.54) is 24.7 Å². The summed E-state index contributed by atoms with van der Waals surface area (Å²) in [5, 5.41) is 12.3. The van der Waals surface area contributed by atoms with Crippen LogP contribution in [0.3, 0.4) is 0 Å². The summed E-state index contributed by atoms with van der Waals surface area (Å²) in [5.41, 5.74) is 2.73. The number of carbonyl (C=O) groups excluding carboxylic acids is 1. The molecule has 1 aliphatic rings. The van der Waals surface area contributed by atoms with Gasteiger partial charge in [-0.1, -0.05) is 0 Å². The van der Waals surface area contributed by atoms with Gasteiger partial charge in [0.1, 0.15) is 22.7 Å². The van der Waals surface area contributed by atoms with Crippen molar-refractivity contribution < 1.29 is 18.3 Å². The molecule has 0 saturated carbocycles. The summed E-state index contributed by atoms with van der Waals surface area (Å²) in [6.45, 7) is -0.545. The van der Waals surface area contributed by atoms with Gasteiger partial charge in [0.25, 0.3) is 6.43 Å². The molecule has 3 heterocycles. The molecule has 1 aliphatic carbocycles. The zero-order chi connectivity index (χ0) is 23.1. The van der Waals surface area contributed by atoms with Gasteiger partial charge in [-0.15, -0.1) is 11.3 Å². The number of ether oxygens (including phenoxy) is 1. The minimum atomic E-state index is -2.54. The van der Waals surface area contributed by atoms with Crippen LogP contribution in [0.15, 0.2) is 24.7 Å². The second kappa shape index (κ2) is 8.54. The first-order valence-corrected chi connectivity index (χ1v) is 11.3. The van der Waals surface area contributed by atoms with Crippen molar-refractivity contribution in [2.24, 2.45) is 5.92 Å². The van der Waals surface area contributed by atoms with E-state index in [4.69, 9.17) is 4.74 Å². The molecule has 0 saturated heterocycles. The van der Waals surface area contributed by atoms with Gasteiger partial charge in [-0.3, -0.25) is 9.89 Å². The molecule has 8 nitrogen and oxygen atoms in total. The second-order valence-corrected chi connectivity index (χ2v) is 9.17. The Morgan fingerprint density at radius 1 is 1.39 bits per heavy atom. The molecular weight excluding hydrogens is 450 g/mol. The van der Waals surface area contributed by atoms with E-state index in [2.05, 4.69) is 25.5 Å². The number of H-pyrrole nitrogens is 1. The van der Waals surface area contributed by atoms with E-state index in [0.29, 0.717) is 30.8 Å². The molecule has 4 aromatic rings. The zero-order valence-electron chi connectivity index (χ0n) is 18.1. The van der Waals surface area contributed by atoms with Crippen molar-refractivity contribution in [3.05, 3.63) is 35.1 Å². The third-order valence-corrected chi connectivity index (χ3v) is 7.16. The van der Waals surface area contributed by atoms with Crippen LogP contribution >= 0.6 is 11.3 Å². The summed E-state index contributed by atoms with van der Waals surface area (Å²) < 4.78 is 31.0. The minimum Gasteiger partial charge on any atom is -0.494 e. The van der Waals surface area contributed by atoms with Crippen LogP contribution in [0.1, 0.15) is 16.9 Å². The van der Waals surface area contributed by atoms with E-state index in [0.717, 1.165) is 42.1 Å². The number of aromatic nitrogens is 4. The van der Waals surface area contributed by atoms with Crippen molar-refractivity contribution in [1.29, 1.82) is 0 Å². The molecule has 0 unspecified atom stereocenters. The molecular formula is C22H22F2N6O2S. The molecule has 3 aromatic heterocycles. The maximum Gasteiger partial charge on any atom is 0.255 e. The third kappa shape index (κ3) is 3.97. The van der Waals surface area contributed by atoms with Gasteiger partial charge in [0.2, 0.25) is 5.91 Å². The van der Waals surface area contributed by atoms with E-state index in [1.807, 2.05) is 12.1 Å². The number of methoxy groups -OCH3 is 1. The lowest BCUT2D eigenvalue weighted by molar-refractivity contribution is -0.136. The van der Waals surface area contributed by atoms with Crippen molar-refractivity contribution in [2.75, 3.05) is 26.0 Å². The quantitative estimate of drug-likeness (QED) is 0.438. The first-order valence-electron chi connectivity index (χ1n) is 10.5. The van der Waals surface area contributed by atoms with Gasteiger partial charge >= 0.3 is 0 Å². The summed E-state index contributed by atoms with van der Waals surface area (Å²) in [6.07, 6.45) is 2.49. The fraction of sp³-hybridized carbons (Fsp3) is 0.364. The first-order chi connectivity index (χ1) is 15.9. The highest BCUT2D eigenvalue weighted by atomic mass is 32.1. The number of carbonyl (C=O) groups is 1. The summed E-state index contributed by atoms with van der Waals surface area (Å²) in [7, 11) is 3.04. The van der Waals surface area contributed by atoms with E-state index in [9.17, 15) is 13.6 Å². The largest absolute Gasteiger partial charge is 0.494 e. The van der Waals surface area contributed by atoms with E-state index in [-0.39, 0.29) is 11.8 Å². The Hall–Kier alpha value is -3.34. The highest BCUT2D eigenvalue weighted by Crippen LogP contribution is 2.41. The number of aromatic amines is 1. The number of rotatable bonds is 6. The predicted octanol–water partition coefficient (Wildman–Crippen LogP) is 4.15. The van der Waals surface area contributed by atoms with Crippen LogP contribution in [-0.4, -0.2) is 58.1 Å². The average Bonchev–Trinajstić information content (AvgIpc) is 3.41. The Kier molecular flexibility index (Phi) is 5.57. The van der Waals surface area contributed by atoms with Crippen LogP contribution in [0.25, 0.3) is 21.1 Å². The fourth-order valence-electron chi connectivity index (χ4n) is 4.39. The Balaban J connectivity index is 1.47. The van der Waals surface area contributed by atoms with E-state index < -0.39 is 13.0 Å². The van der Waals surface area contributed by atoms with Crippen LogP contribution in [0.5, 0.6) is 5.75 Å². The highest BCUT2D eigenvalue weighted by Gasteiger charge is 2.31. The topological polar surface area (TPSA) is 96.0 Å². The number of halogens is 2. The molecule has 1 atom stereocenters. The number of nitrogens with zero attached hydrogens (tertiary/aromatic N) is 4. The van der Waals surface area contributed by atoms with E-state index >= 15 is 0 Å². The maximum atomic E-state index is 12.7. The summed E-state index contributed by atoms with van der Waals surface area (Å²) >= 11 is 1.53.